The molecule has 1 aromatic carbocycles. The Labute approximate surface area is 140 Å². The Morgan fingerprint density at radius 2 is 1.83 bits per heavy atom. The molecule has 0 aliphatic heterocycles. The highest BCUT2D eigenvalue weighted by Crippen LogP contribution is 2.41. The maximum absolute atomic E-state index is 14.4. The van der Waals surface area contributed by atoms with Crippen LogP contribution in [-0.4, -0.2) is 31.9 Å². The molecule has 6 nitrogen and oxygen atoms in total. The number of non-ortho nitro benzene ring substituents is 1. The molecule has 2 N–H and O–H groups in total. The van der Waals surface area contributed by atoms with Crippen molar-refractivity contribution >= 4 is 17.0 Å². The SMILES string of the molecule is CC(C)(C)[S@+]([O-])N[C@](C)(c1cc([N+](=O)[O-])ccc1F)C(F)(F)CO. The number of hydrogen-bond donors (Lipinski definition) is 2. The highest BCUT2D eigenvalue weighted by Gasteiger charge is 2.56. The Hall–Kier alpha value is -1.36. The number of aliphatic hydroxyl groups excluding tert-OH is 1. The first-order valence-corrected chi connectivity index (χ1v) is 8.04. The summed E-state index contributed by atoms with van der Waals surface area (Å²) < 4.78 is 56.3. The quantitative estimate of drug-likeness (QED) is 0.457. The van der Waals surface area contributed by atoms with E-state index in [1.54, 1.807) is 0 Å². The van der Waals surface area contributed by atoms with E-state index in [0.717, 1.165) is 13.0 Å². The lowest BCUT2D eigenvalue weighted by Gasteiger charge is -2.39. The second kappa shape index (κ2) is 6.87. The van der Waals surface area contributed by atoms with Gasteiger partial charge in [0, 0.05) is 29.1 Å². The molecule has 0 aromatic heterocycles. The van der Waals surface area contributed by atoms with Crippen molar-refractivity contribution in [3.8, 4) is 0 Å². The molecule has 0 aliphatic carbocycles. The van der Waals surface area contributed by atoms with Crippen LogP contribution in [0.5, 0.6) is 0 Å². The minimum Gasteiger partial charge on any atom is -0.598 e. The Morgan fingerprint density at radius 1 is 1.29 bits per heavy atom. The van der Waals surface area contributed by atoms with Gasteiger partial charge in [-0.3, -0.25) is 10.1 Å². The molecule has 0 amide bonds. The first-order chi connectivity index (χ1) is 10.8. The molecule has 0 radical (unpaired) electrons. The van der Waals surface area contributed by atoms with Crippen molar-refractivity contribution in [1.29, 1.82) is 0 Å². The van der Waals surface area contributed by atoms with Gasteiger partial charge in [0.1, 0.15) is 17.2 Å². The number of nitrogens with zero attached hydrogens (tertiary/aromatic N) is 1. The molecule has 1 aromatic rings. The van der Waals surface area contributed by atoms with Crippen molar-refractivity contribution in [3.63, 3.8) is 0 Å². The number of halogens is 3. The number of hydrogen-bond acceptors (Lipinski definition) is 5. The highest BCUT2D eigenvalue weighted by molar-refractivity contribution is 7.90. The molecule has 0 spiro atoms. The second-order valence-electron chi connectivity index (χ2n) is 6.39. The summed E-state index contributed by atoms with van der Waals surface area (Å²) in [6.45, 7) is 3.71. The maximum Gasteiger partial charge on any atom is 0.296 e. The van der Waals surface area contributed by atoms with E-state index in [9.17, 15) is 27.8 Å². The van der Waals surface area contributed by atoms with Crippen LogP contribution in [0.15, 0.2) is 18.2 Å². The van der Waals surface area contributed by atoms with E-state index in [1.165, 1.54) is 20.8 Å². The molecule has 1 rings (SSSR count). The first-order valence-electron chi connectivity index (χ1n) is 6.89. The van der Waals surface area contributed by atoms with Gasteiger partial charge < -0.3 is 9.66 Å². The molecular formula is C14H19F3N2O4S. The van der Waals surface area contributed by atoms with Gasteiger partial charge in [0.15, 0.2) is 5.54 Å². The normalized spacial score (nSPS) is 16.5. The zero-order chi connectivity index (χ0) is 18.9. The van der Waals surface area contributed by atoms with E-state index in [-0.39, 0.29) is 0 Å². The van der Waals surface area contributed by atoms with Crippen molar-refractivity contribution < 1.29 is 27.8 Å². The topological polar surface area (TPSA) is 98.5 Å². The van der Waals surface area contributed by atoms with Crippen molar-refractivity contribution in [2.45, 2.75) is 43.9 Å². The molecular weight excluding hydrogens is 349 g/mol. The monoisotopic (exact) mass is 368 g/mol. The van der Waals surface area contributed by atoms with Crippen LogP contribution in [0.25, 0.3) is 0 Å². The van der Waals surface area contributed by atoms with Gasteiger partial charge in [-0.05, 0) is 33.8 Å². The smallest absolute Gasteiger partial charge is 0.296 e. The van der Waals surface area contributed by atoms with Gasteiger partial charge in [-0.15, -0.1) is 4.72 Å². The van der Waals surface area contributed by atoms with Crippen molar-refractivity contribution in [3.05, 3.63) is 39.7 Å². The lowest BCUT2D eigenvalue weighted by molar-refractivity contribution is -0.385. The molecule has 0 saturated carbocycles. The average molecular weight is 368 g/mol. The third-order valence-electron chi connectivity index (χ3n) is 3.48. The van der Waals surface area contributed by atoms with Crippen LogP contribution in [0.2, 0.25) is 0 Å². The fraction of sp³-hybridized carbons (Fsp3) is 0.571. The summed E-state index contributed by atoms with van der Waals surface area (Å²) in [5, 5.41) is 19.9. The minimum atomic E-state index is -3.94. The summed E-state index contributed by atoms with van der Waals surface area (Å²) in [4.78, 5) is 10.00. The minimum absolute atomic E-state index is 0.602. The van der Waals surface area contributed by atoms with Crippen LogP contribution in [0.4, 0.5) is 18.9 Å². The fourth-order valence-electron chi connectivity index (χ4n) is 1.83. The first kappa shape index (κ1) is 20.7. The summed E-state index contributed by atoms with van der Waals surface area (Å²) in [7, 11) is 0. The van der Waals surface area contributed by atoms with Gasteiger partial charge in [-0.1, -0.05) is 0 Å². The molecule has 0 heterocycles. The lowest BCUT2D eigenvalue weighted by Crippen LogP contribution is -2.60. The largest absolute Gasteiger partial charge is 0.598 e. The van der Waals surface area contributed by atoms with Gasteiger partial charge in [0.2, 0.25) is 0 Å². The van der Waals surface area contributed by atoms with Gasteiger partial charge >= 0.3 is 0 Å². The van der Waals surface area contributed by atoms with Gasteiger partial charge in [-0.2, -0.15) is 0 Å². The lowest BCUT2D eigenvalue weighted by atomic mass is 9.86. The summed E-state index contributed by atoms with van der Waals surface area (Å²) in [5.41, 5.74) is -3.99. The molecule has 0 unspecified atom stereocenters. The molecule has 2 atom stereocenters. The van der Waals surface area contributed by atoms with Crippen molar-refractivity contribution in [2.24, 2.45) is 0 Å². The van der Waals surface area contributed by atoms with Crippen LogP contribution in [-0.2, 0) is 16.9 Å². The van der Waals surface area contributed by atoms with Gasteiger partial charge in [0.05, 0.1) is 4.92 Å². The summed E-state index contributed by atoms with van der Waals surface area (Å²) in [6, 6.07) is 2.16. The predicted molar refractivity (Wildman–Crippen MR) is 83.5 cm³/mol. The molecule has 0 saturated heterocycles. The van der Waals surface area contributed by atoms with Crippen LogP contribution < -0.4 is 4.72 Å². The van der Waals surface area contributed by atoms with Crippen molar-refractivity contribution in [1.82, 2.24) is 4.72 Å². The highest BCUT2D eigenvalue weighted by atomic mass is 32.2. The second-order valence-corrected chi connectivity index (χ2v) is 8.36. The Kier molecular flexibility index (Phi) is 5.92. The number of aliphatic hydroxyl groups is 1. The predicted octanol–water partition coefficient (Wildman–Crippen LogP) is 2.63. The van der Waals surface area contributed by atoms with E-state index in [0.29, 0.717) is 12.1 Å². The van der Waals surface area contributed by atoms with Gasteiger partial charge in [0.25, 0.3) is 11.6 Å². The number of nitro groups is 1. The van der Waals surface area contributed by atoms with E-state index < -0.39 is 56.2 Å². The third kappa shape index (κ3) is 4.00. The average Bonchev–Trinajstić information content (AvgIpc) is 2.45. The molecule has 0 fully saturated rings. The zero-order valence-corrected chi connectivity index (χ0v) is 14.4. The zero-order valence-electron chi connectivity index (χ0n) is 13.6. The van der Waals surface area contributed by atoms with Crippen LogP contribution in [0.1, 0.15) is 33.3 Å². The Morgan fingerprint density at radius 3 is 2.25 bits per heavy atom. The molecule has 136 valence electrons. The Balaban J connectivity index is 3.55. The van der Waals surface area contributed by atoms with E-state index in [2.05, 4.69) is 4.72 Å². The number of benzene rings is 1. The summed E-state index contributed by atoms with van der Waals surface area (Å²) in [5.74, 6) is -5.08. The van der Waals surface area contributed by atoms with E-state index in [1.807, 2.05) is 0 Å². The van der Waals surface area contributed by atoms with E-state index >= 15 is 0 Å². The molecule has 24 heavy (non-hydrogen) atoms. The number of nitrogens with one attached hydrogen (secondary N) is 1. The fourth-order valence-corrected chi connectivity index (χ4v) is 2.77. The van der Waals surface area contributed by atoms with Crippen LogP contribution >= 0.6 is 0 Å². The number of alkyl halides is 2. The molecule has 10 heteroatoms. The van der Waals surface area contributed by atoms with Gasteiger partial charge in [-0.25, -0.2) is 13.2 Å². The van der Waals surface area contributed by atoms with Crippen molar-refractivity contribution in [2.75, 3.05) is 6.61 Å². The summed E-state index contributed by atoms with van der Waals surface area (Å²) in [6.07, 6.45) is 0. The van der Waals surface area contributed by atoms with Crippen LogP contribution in [0.3, 0.4) is 0 Å². The standard InChI is InChI=1S/C14H19F3N2O4S/c1-12(2,3)24(23)18-13(4,14(16,17)8-20)10-7-9(19(21)22)5-6-11(10)15/h5-7,18,20H,8H2,1-4H3/t13-,24+/m1/s1. The van der Waals surface area contributed by atoms with E-state index in [4.69, 9.17) is 5.11 Å². The molecule has 0 bridgehead atoms. The number of nitro benzene ring substituents is 1. The third-order valence-corrected chi connectivity index (χ3v) is 5.19. The maximum atomic E-state index is 14.4. The number of rotatable bonds is 6. The molecule has 0 aliphatic rings. The van der Waals surface area contributed by atoms with Crippen LogP contribution in [0, 0.1) is 15.9 Å². The summed E-state index contributed by atoms with van der Waals surface area (Å²) >= 11 is -2.06. The Bertz CT molecular complexity index is 625.